The smallest absolute Gasteiger partial charge is 0.264 e. The lowest BCUT2D eigenvalue weighted by Gasteiger charge is -2.70. The first-order valence-electron chi connectivity index (χ1n) is 8.81. The molecule has 0 aliphatic heterocycles. The normalized spacial score (nSPS) is 43.0. The van der Waals surface area contributed by atoms with E-state index in [4.69, 9.17) is 8.37 Å². The van der Waals surface area contributed by atoms with E-state index < -0.39 is 20.2 Å². The van der Waals surface area contributed by atoms with Gasteiger partial charge >= 0.3 is 0 Å². The Morgan fingerprint density at radius 1 is 0.808 bits per heavy atom. The highest BCUT2D eigenvalue weighted by molar-refractivity contribution is 7.86. The second-order valence-electron chi connectivity index (χ2n) is 8.04. The third-order valence-corrected chi connectivity index (χ3v) is 7.89. The fourth-order valence-corrected chi connectivity index (χ4v) is 6.53. The zero-order valence-electron chi connectivity index (χ0n) is 14.9. The molecule has 0 heterocycles. The Morgan fingerprint density at radius 3 is 1.50 bits per heavy atom. The van der Waals surface area contributed by atoms with Gasteiger partial charge in [0.2, 0.25) is 0 Å². The van der Waals surface area contributed by atoms with Crippen LogP contribution >= 0.6 is 0 Å². The summed E-state index contributed by atoms with van der Waals surface area (Å²) in [7, 11) is -7.14. The van der Waals surface area contributed by atoms with E-state index in [2.05, 4.69) is 36.5 Å². The van der Waals surface area contributed by atoms with Crippen molar-refractivity contribution >= 4 is 20.2 Å². The molecule has 0 N–H and O–H groups in total. The zero-order valence-corrected chi connectivity index (χ0v) is 16.5. The maximum Gasteiger partial charge on any atom is 0.264 e. The van der Waals surface area contributed by atoms with E-state index in [0.717, 1.165) is 25.4 Å². The van der Waals surface area contributed by atoms with E-state index in [1.807, 2.05) is 0 Å². The van der Waals surface area contributed by atoms with Gasteiger partial charge in [-0.3, -0.25) is 8.37 Å². The van der Waals surface area contributed by atoms with Crippen LogP contribution in [0.3, 0.4) is 0 Å². The molecule has 0 aromatic heterocycles. The Hall–Kier alpha value is -0.960. The van der Waals surface area contributed by atoms with Crippen molar-refractivity contribution < 1.29 is 25.2 Å². The minimum Gasteiger partial charge on any atom is -0.270 e. The minimum absolute atomic E-state index is 0.0196. The lowest BCUT2D eigenvalue weighted by atomic mass is 9.33. The largest absolute Gasteiger partial charge is 0.270 e. The quantitative estimate of drug-likeness (QED) is 0.500. The second-order valence-corrected chi connectivity index (χ2v) is 11.3. The van der Waals surface area contributed by atoms with Gasteiger partial charge in [0.05, 0.1) is 25.7 Å². The SMILES string of the molecule is CS(=O)(=O)OC[C@@H]1[C@@H](COS(C)(=O)=O)[C@@H]2C=C[C@H]1[C@]13C=C[C@]21CC=CC3. The van der Waals surface area contributed by atoms with Crippen LogP contribution in [0.1, 0.15) is 12.8 Å². The van der Waals surface area contributed by atoms with Crippen molar-refractivity contribution in [2.24, 2.45) is 34.5 Å². The Bertz CT molecular complexity index is 828. The average Bonchev–Trinajstić information content (AvgIpc) is 2.51. The molecule has 0 saturated heterocycles. The van der Waals surface area contributed by atoms with Gasteiger partial charge in [0.1, 0.15) is 0 Å². The van der Waals surface area contributed by atoms with E-state index in [9.17, 15) is 16.8 Å². The summed E-state index contributed by atoms with van der Waals surface area (Å²) in [5.74, 6) is 0.00632. The van der Waals surface area contributed by atoms with Crippen LogP contribution in [0.4, 0.5) is 0 Å². The van der Waals surface area contributed by atoms with Crippen LogP contribution in [0.25, 0.3) is 0 Å². The summed E-state index contributed by atoms with van der Waals surface area (Å²) in [6, 6.07) is 0. The van der Waals surface area contributed by atoms with Crippen LogP contribution in [0, 0.1) is 34.5 Å². The summed E-state index contributed by atoms with van der Waals surface area (Å²) in [6.45, 7) is 0.106. The molecule has 26 heavy (non-hydrogen) atoms. The third-order valence-electron chi connectivity index (χ3n) is 6.76. The van der Waals surface area contributed by atoms with Gasteiger partial charge in [-0.25, -0.2) is 0 Å². The van der Waals surface area contributed by atoms with Gasteiger partial charge in [0.15, 0.2) is 0 Å². The molecular formula is C18H24O6S2. The summed E-state index contributed by atoms with van der Waals surface area (Å²) >= 11 is 0. The van der Waals surface area contributed by atoms with Gasteiger partial charge in [-0.1, -0.05) is 36.5 Å². The molecule has 0 amide bonds. The molecule has 6 atom stereocenters. The highest BCUT2D eigenvalue weighted by Gasteiger charge is 2.69. The van der Waals surface area contributed by atoms with E-state index in [1.165, 1.54) is 0 Å². The molecule has 0 radical (unpaired) electrons. The molecule has 0 aromatic rings. The second kappa shape index (κ2) is 5.77. The first-order chi connectivity index (χ1) is 12.1. The fourth-order valence-electron chi connectivity index (χ4n) is 5.72. The first kappa shape index (κ1) is 18.4. The molecule has 5 rings (SSSR count). The highest BCUT2D eigenvalue weighted by atomic mass is 32.2. The van der Waals surface area contributed by atoms with Crippen LogP contribution in [-0.4, -0.2) is 42.6 Å². The molecule has 1 saturated carbocycles. The summed E-state index contributed by atoms with van der Waals surface area (Å²) < 4.78 is 56.5. The van der Waals surface area contributed by atoms with Crippen LogP contribution < -0.4 is 0 Å². The molecule has 5 aliphatic rings. The third kappa shape index (κ3) is 2.65. The van der Waals surface area contributed by atoms with E-state index in [-0.39, 0.29) is 47.7 Å². The lowest BCUT2D eigenvalue weighted by molar-refractivity contribution is -0.130. The van der Waals surface area contributed by atoms with Crippen molar-refractivity contribution in [3.63, 3.8) is 0 Å². The van der Waals surface area contributed by atoms with Crippen molar-refractivity contribution in [2.75, 3.05) is 25.7 Å². The van der Waals surface area contributed by atoms with Gasteiger partial charge in [-0.15, -0.1) is 0 Å². The average molecular weight is 401 g/mol. The highest BCUT2D eigenvalue weighted by Crippen LogP contribution is 2.74. The maximum absolute atomic E-state index is 11.6. The Kier molecular flexibility index (Phi) is 4.08. The van der Waals surface area contributed by atoms with Gasteiger partial charge in [-0.2, -0.15) is 16.8 Å². The van der Waals surface area contributed by atoms with Crippen LogP contribution in [0.15, 0.2) is 36.5 Å². The molecule has 5 aliphatic carbocycles. The van der Waals surface area contributed by atoms with Crippen molar-refractivity contribution in [2.45, 2.75) is 12.8 Å². The summed E-state index contributed by atoms with van der Waals surface area (Å²) in [6.07, 6.45) is 17.2. The van der Waals surface area contributed by atoms with Crippen molar-refractivity contribution in [1.82, 2.24) is 0 Å². The molecule has 8 heteroatoms. The zero-order chi connectivity index (χ0) is 18.8. The number of hydrogen-bond acceptors (Lipinski definition) is 6. The molecule has 6 nitrogen and oxygen atoms in total. The molecule has 2 bridgehead atoms. The maximum atomic E-state index is 11.6. The van der Waals surface area contributed by atoms with Gasteiger partial charge < -0.3 is 0 Å². The molecule has 0 spiro atoms. The molecule has 144 valence electrons. The predicted molar refractivity (Wildman–Crippen MR) is 97.1 cm³/mol. The minimum atomic E-state index is -3.57. The number of fused-ring (bicyclic) bond motifs is 1. The molecular weight excluding hydrogens is 376 g/mol. The van der Waals surface area contributed by atoms with Crippen molar-refractivity contribution in [3.05, 3.63) is 36.5 Å². The summed E-state index contributed by atoms with van der Waals surface area (Å²) in [5.41, 5.74) is -0.0391. The standard InChI is InChI=1S/C18H24O6S2/c1-25(19,20)23-11-13-14(12-24-26(2,21)22)16-6-5-15(13)17-7-3-4-8-18(16,17)10-9-17/h3-6,9-10,13-16H,7-8,11-12H2,1-2H3/t13-,14-,15-,16+,17+,18-/m1/s1. The first-order valence-corrected chi connectivity index (χ1v) is 12.4. The molecule has 1 fully saturated rings. The van der Waals surface area contributed by atoms with Gasteiger partial charge in [-0.05, 0) is 36.5 Å². The van der Waals surface area contributed by atoms with E-state index in [0.29, 0.717) is 0 Å². The lowest BCUT2D eigenvalue weighted by Crippen LogP contribution is -2.66. The topological polar surface area (TPSA) is 86.7 Å². The predicted octanol–water partition coefficient (Wildman–Crippen LogP) is 1.88. The van der Waals surface area contributed by atoms with Crippen LogP contribution in [0.5, 0.6) is 0 Å². The number of allylic oxidation sites excluding steroid dienone is 6. The number of hydrogen-bond donors (Lipinski definition) is 0. The fraction of sp³-hybridized carbons (Fsp3) is 0.667. The van der Waals surface area contributed by atoms with Crippen LogP contribution in [-0.2, 0) is 28.6 Å². The monoisotopic (exact) mass is 400 g/mol. The summed E-state index contributed by atoms with van der Waals surface area (Å²) in [5, 5.41) is 0. The molecule has 0 unspecified atom stereocenters. The summed E-state index contributed by atoms with van der Waals surface area (Å²) in [4.78, 5) is 0. The van der Waals surface area contributed by atoms with Gasteiger partial charge in [0, 0.05) is 10.8 Å². The van der Waals surface area contributed by atoms with Crippen molar-refractivity contribution in [1.29, 1.82) is 0 Å². The Balaban J connectivity index is 1.70. The van der Waals surface area contributed by atoms with E-state index in [1.54, 1.807) is 0 Å². The van der Waals surface area contributed by atoms with Gasteiger partial charge in [0.25, 0.3) is 20.2 Å². The van der Waals surface area contributed by atoms with E-state index >= 15 is 0 Å². The van der Waals surface area contributed by atoms with Crippen LogP contribution in [0.2, 0.25) is 0 Å². The van der Waals surface area contributed by atoms with Crippen molar-refractivity contribution in [3.8, 4) is 0 Å². The number of rotatable bonds is 6. The molecule has 0 aromatic carbocycles. The Morgan fingerprint density at radius 2 is 1.19 bits per heavy atom. The Labute approximate surface area is 155 Å².